The molecule has 0 fully saturated rings. The molecule has 27 heavy (non-hydrogen) atoms. The maximum absolute atomic E-state index is 12.2. The van der Waals surface area contributed by atoms with Crippen LogP contribution >= 0.6 is 23.1 Å². The van der Waals surface area contributed by atoms with Crippen molar-refractivity contribution in [2.45, 2.75) is 19.0 Å². The van der Waals surface area contributed by atoms with Gasteiger partial charge in [0.15, 0.2) is 5.13 Å². The van der Waals surface area contributed by atoms with Crippen molar-refractivity contribution in [2.24, 2.45) is 0 Å². The SMILES string of the molecule is COc1ccc(-n2nnnc2SCC(=O)Nc2nc(C)c(C)s2)c(OC)c1. The number of hydrogen-bond donors (Lipinski definition) is 1. The zero-order valence-electron chi connectivity index (χ0n) is 15.2. The number of methoxy groups -OCH3 is 2. The monoisotopic (exact) mass is 406 g/mol. The normalized spacial score (nSPS) is 10.7. The van der Waals surface area contributed by atoms with Gasteiger partial charge >= 0.3 is 0 Å². The van der Waals surface area contributed by atoms with E-state index in [1.165, 1.54) is 27.8 Å². The van der Waals surface area contributed by atoms with Gasteiger partial charge in [-0.15, -0.1) is 16.4 Å². The molecular weight excluding hydrogens is 388 g/mol. The van der Waals surface area contributed by atoms with Gasteiger partial charge in [-0.25, -0.2) is 4.98 Å². The second kappa shape index (κ2) is 8.35. The first kappa shape index (κ1) is 19.1. The molecule has 3 aromatic rings. The minimum absolute atomic E-state index is 0.149. The topological polar surface area (TPSA) is 104 Å². The third-order valence-corrected chi connectivity index (χ3v) is 5.57. The molecule has 0 unspecified atom stereocenters. The number of nitrogens with one attached hydrogen (secondary N) is 1. The van der Waals surface area contributed by atoms with E-state index in [0.717, 1.165) is 10.6 Å². The molecule has 9 nitrogen and oxygen atoms in total. The molecule has 0 aliphatic heterocycles. The Labute approximate surface area is 164 Å². The van der Waals surface area contributed by atoms with E-state index in [1.807, 2.05) is 13.8 Å². The van der Waals surface area contributed by atoms with Crippen molar-refractivity contribution in [3.05, 3.63) is 28.8 Å². The van der Waals surface area contributed by atoms with Crippen LogP contribution < -0.4 is 14.8 Å². The van der Waals surface area contributed by atoms with Crippen molar-refractivity contribution < 1.29 is 14.3 Å². The number of carbonyl (C=O) groups excluding carboxylic acids is 1. The molecule has 142 valence electrons. The van der Waals surface area contributed by atoms with Gasteiger partial charge in [0.05, 0.1) is 25.7 Å². The third kappa shape index (κ3) is 4.37. The quantitative estimate of drug-likeness (QED) is 0.597. The molecule has 1 amide bonds. The second-order valence-electron chi connectivity index (χ2n) is 5.41. The molecule has 0 atom stereocenters. The maximum atomic E-state index is 12.2. The number of amides is 1. The van der Waals surface area contributed by atoms with E-state index in [2.05, 4.69) is 25.8 Å². The summed E-state index contributed by atoms with van der Waals surface area (Å²) in [6.45, 7) is 3.88. The highest BCUT2D eigenvalue weighted by Gasteiger charge is 2.16. The summed E-state index contributed by atoms with van der Waals surface area (Å²) < 4.78 is 12.1. The number of aryl methyl sites for hydroxylation is 2. The van der Waals surface area contributed by atoms with Crippen LogP contribution in [0.15, 0.2) is 23.4 Å². The summed E-state index contributed by atoms with van der Waals surface area (Å²) in [4.78, 5) is 17.6. The Hall–Kier alpha value is -2.66. The molecule has 1 aromatic carbocycles. The Kier molecular flexibility index (Phi) is 5.91. The summed E-state index contributed by atoms with van der Waals surface area (Å²) in [5, 5.41) is 15.6. The van der Waals surface area contributed by atoms with Crippen LogP contribution in [0.25, 0.3) is 5.69 Å². The van der Waals surface area contributed by atoms with Crippen LogP contribution in [0.1, 0.15) is 10.6 Å². The summed E-state index contributed by atoms with van der Waals surface area (Å²) in [5.41, 5.74) is 1.57. The number of thioether (sulfide) groups is 1. The minimum atomic E-state index is -0.176. The number of tetrazole rings is 1. The number of benzene rings is 1. The van der Waals surface area contributed by atoms with E-state index >= 15 is 0 Å². The summed E-state index contributed by atoms with van der Waals surface area (Å²) >= 11 is 2.67. The molecule has 0 radical (unpaired) electrons. The Morgan fingerprint density at radius 1 is 1.30 bits per heavy atom. The molecule has 1 N–H and O–H groups in total. The highest BCUT2D eigenvalue weighted by molar-refractivity contribution is 7.99. The van der Waals surface area contributed by atoms with Crippen LogP contribution in [0, 0.1) is 13.8 Å². The Morgan fingerprint density at radius 2 is 2.11 bits per heavy atom. The number of thiazole rings is 1. The lowest BCUT2D eigenvalue weighted by atomic mass is 10.3. The Morgan fingerprint density at radius 3 is 2.78 bits per heavy atom. The summed E-state index contributed by atoms with van der Waals surface area (Å²) in [6, 6.07) is 5.32. The zero-order valence-corrected chi connectivity index (χ0v) is 16.8. The standard InChI is InChI=1S/C16H18N6O3S2/c1-9-10(2)27-15(17-9)18-14(23)8-26-16-19-20-21-22(16)12-6-5-11(24-3)7-13(12)25-4/h5-7H,8H2,1-4H3,(H,17,18,23). The van der Waals surface area contributed by atoms with E-state index in [1.54, 1.807) is 32.4 Å². The molecule has 0 spiro atoms. The number of carbonyl (C=O) groups is 1. The number of hydrogen-bond acceptors (Lipinski definition) is 9. The summed E-state index contributed by atoms with van der Waals surface area (Å²) in [5.74, 6) is 1.19. The van der Waals surface area contributed by atoms with Crippen molar-refractivity contribution in [3.8, 4) is 17.2 Å². The number of ether oxygens (including phenoxy) is 2. The third-order valence-electron chi connectivity index (χ3n) is 3.66. The molecule has 2 heterocycles. The zero-order chi connectivity index (χ0) is 19.4. The molecule has 2 aromatic heterocycles. The first-order valence-corrected chi connectivity index (χ1v) is 9.69. The molecule has 0 saturated carbocycles. The fourth-order valence-corrected chi connectivity index (χ4v) is 3.71. The van der Waals surface area contributed by atoms with E-state index in [9.17, 15) is 4.79 Å². The first-order valence-electron chi connectivity index (χ1n) is 7.89. The minimum Gasteiger partial charge on any atom is -0.497 e. The van der Waals surface area contributed by atoms with Crippen LogP contribution in [0.4, 0.5) is 5.13 Å². The highest BCUT2D eigenvalue weighted by atomic mass is 32.2. The molecule has 3 rings (SSSR count). The van der Waals surface area contributed by atoms with Crippen LogP contribution in [0.2, 0.25) is 0 Å². The van der Waals surface area contributed by atoms with E-state index in [4.69, 9.17) is 9.47 Å². The second-order valence-corrected chi connectivity index (χ2v) is 7.55. The van der Waals surface area contributed by atoms with Crippen LogP contribution in [-0.4, -0.2) is 51.1 Å². The number of aromatic nitrogens is 5. The highest BCUT2D eigenvalue weighted by Crippen LogP contribution is 2.30. The lowest BCUT2D eigenvalue weighted by molar-refractivity contribution is -0.113. The predicted molar refractivity (Wildman–Crippen MR) is 103 cm³/mol. The fourth-order valence-electron chi connectivity index (χ4n) is 2.19. The van der Waals surface area contributed by atoms with Crippen molar-refractivity contribution in [1.29, 1.82) is 0 Å². The van der Waals surface area contributed by atoms with Gasteiger partial charge in [-0.05, 0) is 36.4 Å². The van der Waals surface area contributed by atoms with Gasteiger partial charge < -0.3 is 14.8 Å². The van der Waals surface area contributed by atoms with Gasteiger partial charge in [0.25, 0.3) is 0 Å². The van der Waals surface area contributed by atoms with Crippen molar-refractivity contribution >= 4 is 34.1 Å². The molecule has 11 heteroatoms. The fraction of sp³-hybridized carbons (Fsp3) is 0.312. The van der Waals surface area contributed by atoms with E-state index in [-0.39, 0.29) is 11.7 Å². The van der Waals surface area contributed by atoms with Crippen LogP contribution in [-0.2, 0) is 4.79 Å². The maximum Gasteiger partial charge on any atom is 0.236 e. The molecular formula is C16H18N6O3S2. The summed E-state index contributed by atoms with van der Waals surface area (Å²) in [6.07, 6.45) is 0. The van der Waals surface area contributed by atoms with Crippen molar-refractivity contribution in [2.75, 3.05) is 25.3 Å². The van der Waals surface area contributed by atoms with Crippen LogP contribution in [0.3, 0.4) is 0 Å². The van der Waals surface area contributed by atoms with Crippen molar-refractivity contribution in [3.63, 3.8) is 0 Å². The first-order chi connectivity index (χ1) is 13.0. The van der Waals surface area contributed by atoms with E-state index in [0.29, 0.717) is 27.5 Å². The Balaban J connectivity index is 1.71. The number of rotatable bonds is 7. The number of anilines is 1. The molecule has 0 saturated heterocycles. The van der Waals surface area contributed by atoms with Crippen LogP contribution in [0.5, 0.6) is 11.5 Å². The number of nitrogens with zero attached hydrogens (tertiary/aromatic N) is 5. The van der Waals surface area contributed by atoms with Crippen molar-refractivity contribution in [1.82, 2.24) is 25.2 Å². The molecule has 0 aliphatic rings. The lowest BCUT2D eigenvalue weighted by Gasteiger charge is -2.10. The van der Waals surface area contributed by atoms with Gasteiger partial charge in [-0.2, -0.15) is 4.68 Å². The van der Waals surface area contributed by atoms with Gasteiger partial charge in [0.2, 0.25) is 11.1 Å². The Bertz CT molecular complexity index is 936. The smallest absolute Gasteiger partial charge is 0.236 e. The largest absolute Gasteiger partial charge is 0.497 e. The van der Waals surface area contributed by atoms with Gasteiger partial charge in [-0.1, -0.05) is 11.8 Å². The average molecular weight is 406 g/mol. The lowest BCUT2D eigenvalue weighted by Crippen LogP contribution is -2.14. The molecule has 0 aliphatic carbocycles. The van der Waals surface area contributed by atoms with Gasteiger partial charge in [0.1, 0.15) is 17.2 Å². The predicted octanol–water partition coefficient (Wildman–Crippen LogP) is 2.48. The average Bonchev–Trinajstić information content (AvgIpc) is 3.25. The van der Waals surface area contributed by atoms with Gasteiger partial charge in [-0.3, -0.25) is 4.79 Å². The van der Waals surface area contributed by atoms with E-state index < -0.39 is 0 Å². The summed E-state index contributed by atoms with van der Waals surface area (Å²) in [7, 11) is 3.14. The van der Waals surface area contributed by atoms with Gasteiger partial charge in [0, 0.05) is 10.9 Å². The molecule has 0 bridgehead atoms.